The van der Waals surface area contributed by atoms with Crippen LogP contribution in [-0.4, -0.2) is 42.5 Å². The number of nitriles is 1. The standard InChI is InChI=1S/C13H18N4O/c1-4-17(5-2)13(18)10-16(3)12-7-6-11(8-14)9-15-12/h6-7,9H,4-5,10H2,1-3H3. The van der Waals surface area contributed by atoms with E-state index in [0.717, 1.165) is 0 Å². The molecule has 0 fully saturated rings. The highest BCUT2D eigenvalue weighted by Gasteiger charge is 2.13. The minimum atomic E-state index is 0.0775. The van der Waals surface area contributed by atoms with E-state index in [1.54, 1.807) is 21.9 Å². The molecule has 0 N–H and O–H groups in total. The first-order valence-corrected chi connectivity index (χ1v) is 5.97. The normalized spacial score (nSPS) is 9.67. The Hall–Kier alpha value is -2.09. The number of pyridine rings is 1. The number of carbonyl (C=O) groups is 1. The van der Waals surface area contributed by atoms with E-state index in [2.05, 4.69) is 4.98 Å². The molecule has 1 amide bonds. The van der Waals surface area contributed by atoms with E-state index in [0.29, 0.717) is 31.0 Å². The Kier molecular flexibility index (Phi) is 5.12. The smallest absolute Gasteiger partial charge is 0.242 e. The van der Waals surface area contributed by atoms with Crippen LogP contribution in [0.4, 0.5) is 5.82 Å². The molecule has 0 unspecified atom stereocenters. The first-order valence-electron chi connectivity index (χ1n) is 5.97. The summed E-state index contributed by atoms with van der Waals surface area (Å²) >= 11 is 0. The Morgan fingerprint density at radius 2 is 2.06 bits per heavy atom. The maximum atomic E-state index is 11.9. The molecule has 0 bridgehead atoms. The summed E-state index contributed by atoms with van der Waals surface area (Å²) in [6.45, 7) is 5.64. The van der Waals surface area contributed by atoms with Crippen LogP contribution in [0.1, 0.15) is 19.4 Å². The molecule has 0 saturated heterocycles. The third kappa shape index (κ3) is 3.45. The summed E-state index contributed by atoms with van der Waals surface area (Å²) in [5, 5.41) is 8.68. The molecule has 1 rings (SSSR count). The summed E-state index contributed by atoms with van der Waals surface area (Å²) in [7, 11) is 1.82. The number of carbonyl (C=O) groups excluding carboxylic acids is 1. The topological polar surface area (TPSA) is 60.2 Å². The summed E-state index contributed by atoms with van der Waals surface area (Å²) in [5.74, 6) is 0.767. The minimum absolute atomic E-state index is 0.0775. The zero-order valence-electron chi connectivity index (χ0n) is 11.1. The molecule has 0 atom stereocenters. The summed E-state index contributed by atoms with van der Waals surface area (Å²) in [6, 6.07) is 5.45. The first kappa shape index (κ1) is 14.0. The molecule has 5 heteroatoms. The van der Waals surface area contributed by atoms with E-state index in [4.69, 9.17) is 5.26 Å². The van der Waals surface area contributed by atoms with Gasteiger partial charge in [0, 0.05) is 26.3 Å². The van der Waals surface area contributed by atoms with Crippen LogP contribution < -0.4 is 4.90 Å². The highest BCUT2D eigenvalue weighted by Crippen LogP contribution is 2.09. The number of hydrogen-bond acceptors (Lipinski definition) is 4. The van der Waals surface area contributed by atoms with E-state index in [1.165, 1.54) is 6.20 Å². The summed E-state index contributed by atoms with van der Waals surface area (Å²) < 4.78 is 0. The van der Waals surface area contributed by atoms with E-state index in [1.807, 2.05) is 27.0 Å². The van der Waals surface area contributed by atoms with Crippen molar-refractivity contribution in [3.8, 4) is 6.07 Å². The van der Waals surface area contributed by atoms with Gasteiger partial charge in [0.05, 0.1) is 12.1 Å². The van der Waals surface area contributed by atoms with Crippen molar-refractivity contribution >= 4 is 11.7 Å². The molecule has 0 spiro atoms. The van der Waals surface area contributed by atoms with Gasteiger partial charge in [-0.1, -0.05) is 0 Å². The fourth-order valence-corrected chi connectivity index (χ4v) is 1.64. The number of hydrogen-bond donors (Lipinski definition) is 0. The number of aromatic nitrogens is 1. The van der Waals surface area contributed by atoms with Gasteiger partial charge >= 0.3 is 0 Å². The molecule has 0 aromatic carbocycles. The molecule has 0 aliphatic heterocycles. The lowest BCUT2D eigenvalue weighted by atomic mass is 10.3. The van der Waals surface area contributed by atoms with Crippen molar-refractivity contribution in [2.75, 3.05) is 31.6 Å². The first-order chi connectivity index (χ1) is 8.62. The van der Waals surface area contributed by atoms with Crippen molar-refractivity contribution in [1.82, 2.24) is 9.88 Å². The Morgan fingerprint density at radius 1 is 1.39 bits per heavy atom. The van der Waals surface area contributed by atoms with E-state index in [-0.39, 0.29) is 5.91 Å². The van der Waals surface area contributed by atoms with Crippen molar-refractivity contribution in [2.24, 2.45) is 0 Å². The van der Waals surface area contributed by atoms with E-state index >= 15 is 0 Å². The fourth-order valence-electron chi connectivity index (χ4n) is 1.64. The van der Waals surface area contributed by atoms with Crippen molar-refractivity contribution in [2.45, 2.75) is 13.8 Å². The molecular weight excluding hydrogens is 228 g/mol. The molecule has 1 heterocycles. The second-order valence-electron chi connectivity index (χ2n) is 3.94. The summed E-state index contributed by atoms with van der Waals surface area (Å²) in [5.41, 5.74) is 0.516. The van der Waals surface area contributed by atoms with Crippen LogP contribution in [0.3, 0.4) is 0 Å². The lowest BCUT2D eigenvalue weighted by Gasteiger charge is -2.23. The van der Waals surface area contributed by atoms with Gasteiger partial charge in [-0.05, 0) is 26.0 Å². The third-order valence-electron chi connectivity index (χ3n) is 2.76. The summed E-state index contributed by atoms with van der Waals surface area (Å²) in [6.07, 6.45) is 1.51. The average molecular weight is 246 g/mol. The van der Waals surface area contributed by atoms with Crippen LogP contribution in [0.2, 0.25) is 0 Å². The monoisotopic (exact) mass is 246 g/mol. The molecule has 96 valence electrons. The van der Waals surface area contributed by atoms with Crippen LogP contribution in [0.15, 0.2) is 18.3 Å². The Morgan fingerprint density at radius 3 is 2.50 bits per heavy atom. The molecule has 0 saturated carbocycles. The zero-order chi connectivity index (χ0) is 13.5. The predicted molar refractivity (Wildman–Crippen MR) is 70.2 cm³/mol. The van der Waals surface area contributed by atoms with Crippen LogP contribution in [0.25, 0.3) is 0 Å². The Balaban J connectivity index is 2.67. The second kappa shape index (κ2) is 6.60. The maximum absolute atomic E-state index is 11.9. The van der Waals surface area contributed by atoms with Crippen molar-refractivity contribution in [3.63, 3.8) is 0 Å². The number of anilines is 1. The number of amides is 1. The van der Waals surface area contributed by atoms with Gasteiger partial charge in [-0.15, -0.1) is 0 Å². The van der Waals surface area contributed by atoms with Crippen molar-refractivity contribution in [3.05, 3.63) is 23.9 Å². The lowest BCUT2D eigenvalue weighted by molar-refractivity contribution is -0.129. The highest BCUT2D eigenvalue weighted by atomic mass is 16.2. The van der Waals surface area contributed by atoms with E-state index in [9.17, 15) is 4.79 Å². The number of likely N-dealkylation sites (N-methyl/N-ethyl adjacent to an activating group) is 2. The van der Waals surface area contributed by atoms with Crippen LogP contribution in [0, 0.1) is 11.3 Å². The molecule has 18 heavy (non-hydrogen) atoms. The maximum Gasteiger partial charge on any atom is 0.242 e. The van der Waals surface area contributed by atoms with Crippen molar-refractivity contribution < 1.29 is 4.79 Å². The largest absolute Gasteiger partial charge is 0.350 e. The van der Waals surface area contributed by atoms with E-state index < -0.39 is 0 Å². The molecule has 1 aromatic rings. The van der Waals surface area contributed by atoms with Crippen LogP contribution in [-0.2, 0) is 4.79 Å². The number of nitrogens with zero attached hydrogens (tertiary/aromatic N) is 4. The number of rotatable bonds is 5. The molecule has 0 aliphatic rings. The van der Waals surface area contributed by atoms with Crippen molar-refractivity contribution in [1.29, 1.82) is 5.26 Å². The Bertz CT molecular complexity index is 431. The van der Waals surface area contributed by atoms with Gasteiger partial charge < -0.3 is 9.80 Å². The molecule has 0 radical (unpaired) electrons. The van der Waals surface area contributed by atoms with Gasteiger partial charge in [-0.2, -0.15) is 5.26 Å². The SMILES string of the molecule is CCN(CC)C(=O)CN(C)c1ccc(C#N)cn1. The average Bonchev–Trinajstić information content (AvgIpc) is 2.40. The van der Waals surface area contributed by atoms with Gasteiger partial charge in [-0.25, -0.2) is 4.98 Å². The Labute approximate surface area is 108 Å². The quantitative estimate of drug-likeness (QED) is 0.784. The fraction of sp³-hybridized carbons (Fsp3) is 0.462. The predicted octanol–water partition coefficient (Wildman–Crippen LogP) is 1.26. The van der Waals surface area contributed by atoms with Crippen LogP contribution in [0.5, 0.6) is 0 Å². The molecular formula is C13H18N4O. The molecule has 5 nitrogen and oxygen atoms in total. The minimum Gasteiger partial charge on any atom is -0.350 e. The van der Waals surface area contributed by atoms with Gasteiger partial charge in [0.25, 0.3) is 0 Å². The van der Waals surface area contributed by atoms with Gasteiger partial charge in [0.1, 0.15) is 11.9 Å². The second-order valence-corrected chi connectivity index (χ2v) is 3.94. The molecule has 0 aliphatic carbocycles. The summed E-state index contributed by atoms with van der Waals surface area (Å²) in [4.78, 5) is 19.6. The van der Waals surface area contributed by atoms with Crippen LogP contribution >= 0.6 is 0 Å². The van der Waals surface area contributed by atoms with Gasteiger partial charge in [-0.3, -0.25) is 4.79 Å². The highest BCUT2D eigenvalue weighted by molar-refractivity contribution is 5.81. The lowest BCUT2D eigenvalue weighted by Crippen LogP contribution is -2.39. The zero-order valence-corrected chi connectivity index (χ0v) is 11.1. The third-order valence-corrected chi connectivity index (χ3v) is 2.76. The van der Waals surface area contributed by atoms with Gasteiger partial charge in [0.2, 0.25) is 5.91 Å². The van der Waals surface area contributed by atoms with Gasteiger partial charge in [0.15, 0.2) is 0 Å². The molecule has 1 aromatic heterocycles.